The van der Waals surface area contributed by atoms with E-state index in [0.717, 1.165) is 5.56 Å². The third kappa shape index (κ3) is 2.59. The van der Waals surface area contributed by atoms with Crippen LogP contribution in [0, 0.1) is 0 Å². The van der Waals surface area contributed by atoms with E-state index in [2.05, 4.69) is 4.84 Å². The zero-order valence-corrected chi connectivity index (χ0v) is 10.6. The molecule has 0 spiro atoms. The first kappa shape index (κ1) is 12.8. The number of benzene rings is 2. The second-order valence-electron chi connectivity index (χ2n) is 3.65. The summed E-state index contributed by atoms with van der Waals surface area (Å²) in [6.45, 7) is 0. The Morgan fingerprint density at radius 1 is 0.944 bits per heavy atom. The van der Waals surface area contributed by atoms with Gasteiger partial charge >= 0.3 is 0 Å². The number of rotatable bonds is 4. The molecule has 94 valence electrons. The zero-order chi connectivity index (χ0) is 13.0. The third-order valence-corrected chi connectivity index (χ3v) is 3.78. The average molecular weight is 263 g/mol. The summed E-state index contributed by atoms with van der Waals surface area (Å²) in [5.74, 6) is 0. The molecule has 0 aliphatic heterocycles. The van der Waals surface area contributed by atoms with Crippen molar-refractivity contribution in [2.45, 2.75) is 4.90 Å². The van der Waals surface area contributed by atoms with Gasteiger partial charge in [-0.15, -0.1) is 0 Å². The number of nitrogens with one attached hydrogen (secondary N) is 1. The maximum atomic E-state index is 12.0. The maximum Gasteiger partial charge on any atom is 0.263 e. The molecule has 0 aromatic heterocycles. The van der Waals surface area contributed by atoms with Gasteiger partial charge in [0.25, 0.3) is 10.0 Å². The standard InChI is InChI=1S/C13H13NO3S/c1-17-14-18(15,16)13-10-6-5-9-12(13)11-7-3-2-4-8-11/h2-10,14H,1H3. The molecule has 2 rings (SSSR count). The monoisotopic (exact) mass is 263 g/mol. The summed E-state index contributed by atoms with van der Waals surface area (Å²) in [5, 5.41) is 0. The minimum atomic E-state index is -3.66. The highest BCUT2D eigenvalue weighted by molar-refractivity contribution is 7.89. The van der Waals surface area contributed by atoms with Crippen molar-refractivity contribution < 1.29 is 13.3 Å². The molecule has 0 atom stereocenters. The van der Waals surface area contributed by atoms with Crippen LogP contribution in [-0.2, 0) is 14.9 Å². The molecular formula is C13H13NO3S. The van der Waals surface area contributed by atoms with E-state index < -0.39 is 10.0 Å². The first-order valence-electron chi connectivity index (χ1n) is 5.34. The van der Waals surface area contributed by atoms with Crippen molar-refractivity contribution in [2.75, 3.05) is 7.11 Å². The lowest BCUT2D eigenvalue weighted by molar-refractivity contribution is 0.153. The summed E-state index contributed by atoms with van der Waals surface area (Å²) in [7, 11) is -2.39. The van der Waals surface area contributed by atoms with Crippen LogP contribution in [0.3, 0.4) is 0 Å². The fourth-order valence-corrected chi connectivity index (χ4v) is 2.75. The molecule has 0 saturated carbocycles. The molecule has 0 bridgehead atoms. The second kappa shape index (κ2) is 5.30. The van der Waals surface area contributed by atoms with Crippen molar-refractivity contribution in [1.29, 1.82) is 0 Å². The highest BCUT2D eigenvalue weighted by atomic mass is 32.2. The van der Waals surface area contributed by atoms with Crippen molar-refractivity contribution in [3.8, 4) is 11.1 Å². The summed E-state index contributed by atoms with van der Waals surface area (Å²) in [6, 6.07) is 16.1. The average Bonchev–Trinajstić information content (AvgIpc) is 2.40. The van der Waals surface area contributed by atoms with Gasteiger partial charge in [-0.1, -0.05) is 53.4 Å². The molecule has 4 nitrogen and oxygen atoms in total. The van der Waals surface area contributed by atoms with Crippen LogP contribution >= 0.6 is 0 Å². The summed E-state index contributed by atoms with van der Waals surface area (Å²) in [4.78, 5) is 6.73. The first-order chi connectivity index (χ1) is 8.65. The normalized spacial score (nSPS) is 11.4. The van der Waals surface area contributed by atoms with Gasteiger partial charge in [0.1, 0.15) is 0 Å². The van der Waals surface area contributed by atoms with Crippen LogP contribution < -0.4 is 4.89 Å². The van der Waals surface area contributed by atoms with Gasteiger partial charge in [0, 0.05) is 5.56 Å². The number of hydrogen-bond donors (Lipinski definition) is 1. The van der Waals surface area contributed by atoms with Crippen molar-refractivity contribution in [3.63, 3.8) is 0 Å². The van der Waals surface area contributed by atoms with E-state index in [1.807, 2.05) is 35.2 Å². The Morgan fingerprint density at radius 3 is 2.22 bits per heavy atom. The van der Waals surface area contributed by atoms with Crippen LogP contribution in [0.4, 0.5) is 0 Å². The highest BCUT2D eigenvalue weighted by Crippen LogP contribution is 2.26. The third-order valence-electron chi connectivity index (χ3n) is 2.45. The van der Waals surface area contributed by atoms with E-state index in [9.17, 15) is 8.42 Å². The highest BCUT2D eigenvalue weighted by Gasteiger charge is 2.18. The first-order valence-corrected chi connectivity index (χ1v) is 6.83. The molecule has 0 heterocycles. The van der Waals surface area contributed by atoms with E-state index in [-0.39, 0.29) is 4.90 Å². The molecule has 0 fully saturated rings. The molecule has 0 unspecified atom stereocenters. The Morgan fingerprint density at radius 2 is 1.56 bits per heavy atom. The zero-order valence-electron chi connectivity index (χ0n) is 9.83. The van der Waals surface area contributed by atoms with Gasteiger partial charge in [0.05, 0.1) is 12.0 Å². The molecule has 0 amide bonds. The predicted molar refractivity (Wildman–Crippen MR) is 69.2 cm³/mol. The molecule has 2 aromatic rings. The Labute approximate surface area is 106 Å². The minimum absolute atomic E-state index is 0.193. The minimum Gasteiger partial charge on any atom is -0.290 e. The lowest BCUT2D eigenvalue weighted by Gasteiger charge is -2.10. The van der Waals surface area contributed by atoms with Crippen molar-refractivity contribution in [3.05, 3.63) is 54.6 Å². The lowest BCUT2D eigenvalue weighted by atomic mass is 10.1. The van der Waals surface area contributed by atoms with Gasteiger partial charge < -0.3 is 0 Å². The fraction of sp³-hybridized carbons (Fsp3) is 0.0769. The van der Waals surface area contributed by atoms with Crippen LogP contribution in [-0.4, -0.2) is 15.5 Å². The van der Waals surface area contributed by atoms with Crippen LogP contribution in [0.25, 0.3) is 11.1 Å². The maximum absolute atomic E-state index is 12.0. The summed E-state index contributed by atoms with van der Waals surface area (Å²) in [5.41, 5.74) is 1.48. The Hall–Kier alpha value is -1.69. The van der Waals surface area contributed by atoms with Gasteiger partial charge in [-0.25, -0.2) is 8.42 Å². The van der Waals surface area contributed by atoms with Gasteiger partial charge in [0.2, 0.25) is 0 Å². The Balaban J connectivity index is 2.58. The molecule has 2 aromatic carbocycles. The lowest BCUT2D eigenvalue weighted by Crippen LogP contribution is -2.22. The van der Waals surface area contributed by atoms with E-state index >= 15 is 0 Å². The Kier molecular flexibility index (Phi) is 3.76. The SMILES string of the molecule is CONS(=O)(=O)c1ccccc1-c1ccccc1. The van der Waals surface area contributed by atoms with Gasteiger partial charge in [-0.05, 0) is 11.6 Å². The van der Waals surface area contributed by atoms with Gasteiger partial charge in [-0.2, -0.15) is 0 Å². The van der Waals surface area contributed by atoms with Crippen LogP contribution in [0.1, 0.15) is 0 Å². The summed E-state index contributed by atoms with van der Waals surface area (Å²) < 4.78 is 24.0. The van der Waals surface area contributed by atoms with Gasteiger partial charge in [0.15, 0.2) is 0 Å². The second-order valence-corrected chi connectivity index (χ2v) is 5.27. The van der Waals surface area contributed by atoms with E-state index in [0.29, 0.717) is 5.56 Å². The van der Waals surface area contributed by atoms with E-state index in [1.54, 1.807) is 24.3 Å². The van der Waals surface area contributed by atoms with Crippen LogP contribution in [0.2, 0.25) is 0 Å². The van der Waals surface area contributed by atoms with Crippen molar-refractivity contribution in [2.24, 2.45) is 0 Å². The number of sulfonamides is 1. The summed E-state index contributed by atoms with van der Waals surface area (Å²) >= 11 is 0. The molecule has 0 aliphatic carbocycles. The fourth-order valence-electron chi connectivity index (χ4n) is 1.71. The summed E-state index contributed by atoms with van der Waals surface area (Å²) in [6.07, 6.45) is 0. The molecule has 0 aliphatic rings. The quantitative estimate of drug-likeness (QED) is 0.860. The molecule has 0 radical (unpaired) electrons. The molecular weight excluding hydrogens is 250 g/mol. The van der Waals surface area contributed by atoms with E-state index in [4.69, 9.17) is 0 Å². The van der Waals surface area contributed by atoms with Crippen LogP contribution in [0.5, 0.6) is 0 Å². The van der Waals surface area contributed by atoms with Crippen molar-refractivity contribution in [1.82, 2.24) is 4.89 Å². The van der Waals surface area contributed by atoms with Crippen molar-refractivity contribution >= 4 is 10.0 Å². The van der Waals surface area contributed by atoms with Gasteiger partial charge in [-0.3, -0.25) is 4.84 Å². The van der Waals surface area contributed by atoms with Crippen LogP contribution in [0.15, 0.2) is 59.5 Å². The molecule has 0 saturated heterocycles. The molecule has 1 N–H and O–H groups in total. The Bertz CT molecular complexity index is 624. The smallest absolute Gasteiger partial charge is 0.263 e. The molecule has 5 heteroatoms. The molecule has 18 heavy (non-hydrogen) atoms. The topological polar surface area (TPSA) is 55.4 Å². The predicted octanol–water partition coefficient (Wildman–Crippen LogP) is 2.19. The van der Waals surface area contributed by atoms with E-state index in [1.165, 1.54) is 7.11 Å². The number of hydrogen-bond acceptors (Lipinski definition) is 3. The largest absolute Gasteiger partial charge is 0.290 e.